The maximum absolute atomic E-state index is 12.0. The van der Waals surface area contributed by atoms with Crippen LogP contribution in [-0.4, -0.2) is 35.4 Å². The molecule has 1 N–H and O–H groups in total. The molecule has 0 aliphatic heterocycles. The van der Waals surface area contributed by atoms with Gasteiger partial charge in [-0.2, -0.15) is 8.78 Å². The monoisotopic (exact) mass is 305 g/mol. The minimum absolute atomic E-state index is 0.181. The van der Waals surface area contributed by atoms with Crippen LogP contribution >= 0.6 is 0 Å². The van der Waals surface area contributed by atoms with Crippen LogP contribution in [0.2, 0.25) is 0 Å². The van der Waals surface area contributed by atoms with Crippen molar-refractivity contribution in [2.45, 2.75) is 32.4 Å². The Bertz CT molecular complexity index is 412. The van der Waals surface area contributed by atoms with Crippen molar-refractivity contribution in [2.75, 3.05) is 18.6 Å². The van der Waals surface area contributed by atoms with Gasteiger partial charge >= 0.3 is 6.61 Å². The molecule has 114 valence electrons. The Labute approximate surface area is 121 Å². The highest BCUT2D eigenvalue weighted by Crippen LogP contribution is 2.16. The zero-order chi connectivity index (χ0) is 15.0. The summed E-state index contributed by atoms with van der Waals surface area (Å²) in [5, 5.41) is 3.30. The molecular formula is C14H21F2NO2S. The Morgan fingerprint density at radius 1 is 1.30 bits per heavy atom. The smallest absolute Gasteiger partial charge is 0.387 e. The summed E-state index contributed by atoms with van der Waals surface area (Å²) in [6.07, 6.45) is 3.49. The molecule has 2 atom stereocenters. The molecule has 0 aromatic heterocycles. The van der Waals surface area contributed by atoms with Crippen LogP contribution in [-0.2, 0) is 17.2 Å². The number of alkyl halides is 2. The summed E-state index contributed by atoms with van der Waals surface area (Å²) < 4.78 is 39.2. The van der Waals surface area contributed by atoms with Crippen LogP contribution < -0.4 is 10.1 Å². The highest BCUT2D eigenvalue weighted by molar-refractivity contribution is 7.84. The summed E-state index contributed by atoms with van der Waals surface area (Å²) in [5.74, 6) is 0.838. The second-order valence-electron chi connectivity index (χ2n) is 4.69. The Morgan fingerprint density at radius 2 is 1.95 bits per heavy atom. The number of hydrogen-bond acceptors (Lipinski definition) is 3. The molecule has 0 saturated heterocycles. The lowest BCUT2D eigenvalue weighted by Gasteiger charge is -2.13. The van der Waals surface area contributed by atoms with Crippen LogP contribution in [0.3, 0.4) is 0 Å². The van der Waals surface area contributed by atoms with Gasteiger partial charge in [-0.3, -0.25) is 4.21 Å². The molecule has 0 heterocycles. The van der Waals surface area contributed by atoms with Crippen LogP contribution in [0.4, 0.5) is 8.78 Å². The molecular weight excluding hydrogens is 284 g/mol. The van der Waals surface area contributed by atoms with E-state index in [9.17, 15) is 13.0 Å². The van der Waals surface area contributed by atoms with E-state index >= 15 is 0 Å². The molecule has 0 spiro atoms. The van der Waals surface area contributed by atoms with E-state index in [-0.39, 0.29) is 5.75 Å². The van der Waals surface area contributed by atoms with E-state index in [1.54, 1.807) is 30.5 Å². The van der Waals surface area contributed by atoms with Crippen molar-refractivity contribution >= 4 is 10.8 Å². The van der Waals surface area contributed by atoms with Crippen LogP contribution in [0.25, 0.3) is 0 Å². The summed E-state index contributed by atoms with van der Waals surface area (Å²) in [4.78, 5) is 0. The van der Waals surface area contributed by atoms with Gasteiger partial charge in [0.05, 0.1) is 0 Å². The normalized spacial score (nSPS) is 14.2. The highest BCUT2D eigenvalue weighted by Gasteiger charge is 2.05. The first kappa shape index (κ1) is 17.0. The fourth-order valence-corrected chi connectivity index (χ4v) is 2.18. The molecule has 20 heavy (non-hydrogen) atoms. The second kappa shape index (κ2) is 9.02. The predicted molar refractivity (Wildman–Crippen MR) is 77.8 cm³/mol. The number of aryl methyl sites for hydroxylation is 1. The maximum Gasteiger partial charge on any atom is 0.387 e. The van der Waals surface area contributed by atoms with E-state index in [1.165, 1.54) is 0 Å². The SMILES string of the molecule is CC(CCc1ccc(OC(F)F)cc1)NCCS(C)=O. The lowest BCUT2D eigenvalue weighted by molar-refractivity contribution is -0.0498. The molecule has 0 amide bonds. The fourth-order valence-electron chi connectivity index (χ4n) is 1.77. The lowest BCUT2D eigenvalue weighted by atomic mass is 10.1. The van der Waals surface area contributed by atoms with Gasteiger partial charge in [0.2, 0.25) is 0 Å². The van der Waals surface area contributed by atoms with E-state index in [1.807, 2.05) is 0 Å². The van der Waals surface area contributed by atoms with Crippen molar-refractivity contribution < 1.29 is 17.7 Å². The Balaban J connectivity index is 2.28. The van der Waals surface area contributed by atoms with Gasteiger partial charge in [0.25, 0.3) is 0 Å². The molecule has 0 radical (unpaired) electrons. The van der Waals surface area contributed by atoms with Crippen LogP contribution in [0.5, 0.6) is 5.75 Å². The van der Waals surface area contributed by atoms with Crippen LogP contribution in [0, 0.1) is 0 Å². The molecule has 1 aromatic carbocycles. The highest BCUT2D eigenvalue weighted by atomic mass is 32.2. The summed E-state index contributed by atoms with van der Waals surface area (Å²) >= 11 is 0. The average Bonchev–Trinajstić information content (AvgIpc) is 2.37. The molecule has 3 nitrogen and oxygen atoms in total. The van der Waals surface area contributed by atoms with Crippen LogP contribution in [0.1, 0.15) is 18.9 Å². The van der Waals surface area contributed by atoms with Gasteiger partial charge < -0.3 is 10.1 Å². The Kier molecular flexibility index (Phi) is 7.69. The van der Waals surface area contributed by atoms with Gasteiger partial charge in [0.15, 0.2) is 0 Å². The minimum atomic E-state index is -2.78. The van der Waals surface area contributed by atoms with E-state index in [0.717, 1.165) is 24.9 Å². The van der Waals surface area contributed by atoms with Crippen molar-refractivity contribution in [2.24, 2.45) is 0 Å². The quantitative estimate of drug-likeness (QED) is 0.762. The third kappa shape index (κ3) is 7.55. The van der Waals surface area contributed by atoms with Crippen molar-refractivity contribution in [1.29, 1.82) is 0 Å². The van der Waals surface area contributed by atoms with Crippen LogP contribution in [0.15, 0.2) is 24.3 Å². The summed E-state index contributed by atoms with van der Waals surface area (Å²) in [6, 6.07) is 7.03. The van der Waals surface area contributed by atoms with E-state index < -0.39 is 17.4 Å². The van der Waals surface area contributed by atoms with Crippen molar-refractivity contribution in [3.05, 3.63) is 29.8 Å². The van der Waals surface area contributed by atoms with Gasteiger partial charge in [-0.25, -0.2) is 0 Å². The number of nitrogens with one attached hydrogen (secondary N) is 1. The fraction of sp³-hybridized carbons (Fsp3) is 0.571. The van der Waals surface area contributed by atoms with Gasteiger partial charge in [0, 0.05) is 35.4 Å². The molecule has 6 heteroatoms. The topological polar surface area (TPSA) is 38.3 Å². The van der Waals surface area contributed by atoms with E-state index in [4.69, 9.17) is 0 Å². The first-order valence-electron chi connectivity index (χ1n) is 6.54. The Morgan fingerprint density at radius 3 is 2.50 bits per heavy atom. The lowest BCUT2D eigenvalue weighted by Crippen LogP contribution is -2.30. The maximum atomic E-state index is 12.0. The third-order valence-corrected chi connectivity index (χ3v) is 3.68. The molecule has 0 aliphatic rings. The van der Waals surface area contributed by atoms with Gasteiger partial charge in [0.1, 0.15) is 5.75 Å². The zero-order valence-electron chi connectivity index (χ0n) is 11.8. The average molecular weight is 305 g/mol. The molecule has 0 fully saturated rings. The Hall–Kier alpha value is -1.01. The number of halogens is 2. The van der Waals surface area contributed by atoms with Crippen molar-refractivity contribution in [1.82, 2.24) is 5.32 Å². The zero-order valence-corrected chi connectivity index (χ0v) is 12.6. The molecule has 1 aromatic rings. The third-order valence-electron chi connectivity index (χ3n) is 2.90. The molecule has 0 saturated carbocycles. The molecule has 1 rings (SSSR count). The summed E-state index contributed by atoms with van der Waals surface area (Å²) in [7, 11) is -0.767. The number of rotatable bonds is 9. The van der Waals surface area contributed by atoms with Gasteiger partial charge in [-0.1, -0.05) is 12.1 Å². The van der Waals surface area contributed by atoms with E-state index in [0.29, 0.717) is 11.8 Å². The number of benzene rings is 1. The second-order valence-corrected chi connectivity index (χ2v) is 6.25. The molecule has 2 unspecified atom stereocenters. The largest absolute Gasteiger partial charge is 0.435 e. The van der Waals surface area contributed by atoms with Crippen molar-refractivity contribution in [3.63, 3.8) is 0 Å². The van der Waals surface area contributed by atoms with Crippen molar-refractivity contribution in [3.8, 4) is 5.75 Å². The summed E-state index contributed by atoms with van der Waals surface area (Å²) in [5.41, 5.74) is 1.08. The first-order chi connectivity index (χ1) is 9.47. The number of ether oxygens (including phenoxy) is 1. The summed E-state index contributed by atoms with van der Waals surface area (Å²) in [6.45, 7) is 0.0346. The first-order valence-corrected chi connectivity index (χ1v) is 8.27. The molecule has 0 bridgehead atoms. The van der Waals surface area contributed by atoms with E-state index in [2.05, 4.69) is 17.0 Å². The van der Waals surface area contributed by atoms with Gasteiger partial charge in [-0.15, -0.1) is 0 Å². The predicted octanol–water partition coefficient (Wildman–Crippen LogP) is 2.58. The minimum Gasteiger partial charge on any atom is -0.435 e. The van der Waals surface area contributed by atoms with Gasteiger partial charge in [-0.05, 0) is 37.5 Å². The number of hydrogen-bond donors (Lipinski definition) is 1. The molecule has 0 aliphatic carbocycles. The standard InChI is InChI=1S/C14H21F2NO2S/c1-11(17-9-10-20(2)18)3-4-12-5-7-13(8-6-12)19-14(15)16/h5-8,11,14,17H,3-4,9-10H2,1-2H3.